The lowest BCUT2D eigenvalue weighted by Crippen LogP contribution is -2.50. The number of hydrogen-bond acceptors (Lipinski definition) is 4. The van der Waals surface area contributed by atoms with Crippen LogP contribution >= 0.6 is 11.8 Å². The van der Waals surface area contributed by atoms with Crippen molar-refractivity contribution >= 4 is 22.9 Å². The number of carbonyl (C=O) groups excluding carboxylic acids is 2. The van der Waals surface area contributed by atoms with Gasteiger partial charge in [0.15, 0.2) is 0 Å². The summed E-state index contributed by atoms with van der Waals surface area (Å²) in [7, 11) is 0. The van der Waals surface area contributed by atoms with Gasteiger partial charge >= 0.3 is 0 Å². The van der Waals surface area contributed by atoms with Crippen LogP contribution in [0.2, 0.25) is 0 Å². The van der Waals surface area contributed by atoms with Gasteiger partial charge in [0.2, 0.25) is 5.91 Å². The molecule has 3 rings (SSSR count). The number of carbonyl (C=O) groups is 2. The van der Waals surface area contributed by atoms with E-state index in [1.54, 1.807) is 0 Å². The SMILES string of the molecule is O=C1N[C@@H](C(=O)NC2CCN(CCc3ccccc3)CC2)CS1. The third-order valence-electron chi connectivity index (χ3n) is 4.48. The van der Waals surface area contributed by atoms with Gasteiger partial charge in [-0.2, -0.15) is 0 Å². The molecule has 0 aromatic heterocycles. The van der Waals surface area contributed by atoms with Crippen LogP contribution in [0.25, 0.3) is 0 Å². The van der Waals surface area contributed by atoms with Crippen molar-refractivity contribution in [2.24, 2.45) is 0 Å². The molecule has 0 saturated carbocycles. The van der Waals surface area contributed by atoms with Crippen molar-refractivity contribution < 1.29 is 9.59 Å². The van der Waals surface area contributed by atoms with E-state index in [4.69, 9.17) is 0 Å². The number of thioether (sulfide) groups is 1. The average Bonchev–Trinajstić information content (AvgIpc) is 3.02. The van der Waals surface area contributed by atoms with Crippen LogP contribution in [-0.4, -0.2) is 53.5 Å². The standard InChI is InChI=1S/C17H23N3O2S/c21-16(15-12-23-17(22)19-15)18-14-7-10-20(11-8-14)9-6-13-4-2-1-3-5-13/h1-5,14-15H,6-12H2,(H,18,21)(H,19,22)/t15-/m1/s1. The van der Waals surface area contributed by atoms with Gasteiger partial charge < -0.3 is 15.5 Å². The van der Waals surface area contributed by atoms with Crippen LogP contribution in [0, 0.1) is 0 Å². The van der Waals surface area contributed by atoms with Crippen LogP contribution in [0.3, 0.4) is 0 Å². The Kier molecular flexibility index (Phi) is 5.56. The molecule has 0 spiro atoms. The summed E-state index contributed by atoms with van der Waals surface area (Å²) in [6, 6.07) is 10.4. The highest BCUT2D eigenvalue weighted by atomic mass is 32.2. The molecule has 2 aliphatic heterocycles. The molecule has 5 nitrogen and oxygen atoms in total. The Balaban J connectivity index is 1.37. The normalized spacial score (nSPS) is 22.8. The minimum Gasteiger partial charge on any atom is -0.351 e. The molecule has 124 valence electrons. The first-order valence-corrected chi connectivity index (χ1v) is 9.19. The molecule has 2 N–H and O–H groups in total. The number of amides is 2. The van der Waals surface area contributed by atoms with E-state index in [-0.39, 0.29) is 23.2 Å². The third-order valence-corrected chi connectivity index (χ3v) is 5.36. The maximum atomic E-state index is 12.1. The number of rotatable bonds is 5. The van der Waals surface area contributed by atoms with Gasteiger partial charge in [-0.3, -0.25) is 9.59 Å². The van der Waals surface area contributed by atoms with E-state index in [2.05, 4.69) is 39.8 Å². The van der Waals surface area contributed by atoms with Gasteiger partial charge in [-0.25, -0.2) is 0 Å². The molecule has 2 aliphatic rings. The Morgan fingerprint density at radius 2 is 2.00 bits per heavy atom. The second kappa shape index (κ2) is 7.84. The molecule has 0 bridgehead atoms. The molecule has 2 amide bonds. The molecular weight excluding hydrogens is 310 g/mol. The van der Waals surface area contributed by atoms with Gasteiger partial charge in [0.25, 0.3) is 5.24 Å². The lowest BCUT2D eigenvalue weighted by atomic mass is 10.0. The van der Waals surface area contributed by atoms with E-state index in [0.29, 0.717) is 5.75 Å². The van der Waals surface area contributed by atoms with Gasteiger partial charge in [0.1, 0.15) is 6.04 Å². The molecule has 23 heavy (non-hydrogen) atoms. The van der Waals surface area contributed by atoms with E-state index in [1.807, 2.05) is 6.07 Å². The summed E-state index contributed by atoms with van der Waals surface area (Å²) in [5.41, 5.74) is 1.37. The minimum atomic E-state index is -0.358. The first-order valence-electron chi connectivity index (χ1n) is 8.20. The van der Waals surface area contributed by atoms with Crippen molar-refractivity contribution in [3.8, 4) is 0 Å². The fourth-order valence-electron chi connectivity index (χ4n) is 3.06. The van der Waals surface area contributed by atoms with Crippen molar-refractivity contribution in [2.45, 2.75) is 31.3 Å². The van der Waals surface area contributed by atoms with E-state index < -0.39 is 0 Å². The summed E-state index contributed by atoms with van der Waals surface area (Å²) in [5, 5.41) is 5.68. The van der Waals surface area contributed by atoms with Crippen LogP contribution in [0.15, 0.2) is 30.3 Å². The third kappa shape index (κ3) is 4.72. The lowest BCUT2D eigenvalue weighted by Gasteiger charge is -2.32. The van der Waals surface area contributed by atoms with Crippen molar-refractivity contribution in [3.05, 3.63) is 35.9 Å². The lowest BCUT2D eigenvalue weighted by molar-refractivity contribution is -0.123. The van der Waals surface area contributed by atoms with Crippen LogP contribution < -0.4 is 10.6 Å². The fourth-order valence-corrected chi connectivity index (χ4v) is 3.84. The number of piperidine rings is 1. The predicted molar refractivity (Wildman–Crippen MR) is 92.5 cm³/mol. The molecule has 2 saturated heterocycles. The highest BCUT2D eigenvalue weighted by molar-refractivity contribution is 8.14. The summed E-state index contributed by atoms with van der Waals surface area (Å²) in [6.45, 7) is 3.10. The van der Waals surface area contributed by atoms with Crippen LogP contribution in [0.1, 0.15) is 18.4 Å². The Morgan fingerprint density at radius 3 is 2.65 bits per heavy atom. The highest BCUT2D eigenvalue weighted by Crippen LogP contribution is 2.15. The van der Waals surface area contributed by atoms with Crippen molar-refractivity contribution in [3.63, 3.8) is 0 Å². The number of likely N-dealkylation sites (tertiary alicyclic amines) is 1. The smallest absolute Gasteiger partial charge is 0.279 e. The van der Waals surface area contributed by atoms with Crippen molar-refractivity contribution in [2.75, 3.05) is 25.4 Å². The van der Waals surface area contributed by atoms with E-state index in [0.717, 1.165) is 38.9 Å². The van der Waals surface area contributed by atoms with Gasteiger partial charge in [-0.05, 0) is 24.8 Å². The second-order valence-corrected chi connectivity index (χ2v) is 7.15. The van der Waals surface area contributed by atoms with Gasteiger partial charge in [-0.1, -0.05) is 42.1 Å². The molecule has 1 aromatic carbocycles. The summed E-state index contributed by atoms with van der Waals surface area (Å²) < 4.78 is 0. The highest BCUT2D eigenvalue weighted by Gasteiger charge is 2.30. The van der Waals surface area contributed by atoms with Crippen molar-refractivity contribution in [1.82, 2.24) is 15.5 Å². The number of nitrogens with zero attached hydrogens (tertiary/aromatic N) is 1. The van der Waals surface area contributed by atoms with Gasteiger partial charge in [-0.15, -0.1) is 0 Å². The monoisotopic (exact) mass is 333 g/mol. The Morgan fingerprint density at radius 1 is 1.26 bits per heavy atom. The number of hydrogen-bond donors (Lipinski definition) is 2. The summed E-state index contributed by atoms with van der Waals surface area (Å²) >= 11 is 1.18. The molecule has 2 heterocycles. The predicted octanol–water partition coefficient (Wildman–Crippen LogP) is 1.63. The maximum absolute atomic E-state index is 12.1. The first-order chi connectivity index (χ1) is 11.2. The molecule has 0 aliphatic carbocycles. The Hall–Kier alpha value is -1.53. The zero-order chi connectivity index (χ0) is 16.1. The number of nitrogens with one attached hydrogen (secondary N) is 2. The summed E-state index contributed by atoms with van der Waals surface area (Å²) in [6.07, 6.45) is 3.03. The molecule has 1 atom stereocenters. The Labute approximate surface area is 141 Å². The van der Waals surface area contributed by atoms with Crippen LogP contribution in [0.4, 0.5) is 4.79 Å². The van der Waals surface area contributed by atoms with Crippen molar-refractivity contribution in [1.29, 1.82) is 0 Å². The van der Waals surface area contributed by atoms with Gasteiger partial charge in [0, 0.05) is 31.4 Å². The molecule has 6 heteroatoms. The topological polar surface area (TPSA) is 61.4 Å². The summed E-state index contributed by atoms with van der Waals surface area (Å²) in [5.74, 6) is 0.506. The zero-order valence-corrected chi connectivity index (χ0v) is 14.0. The molecule has 2 fully saturated rings. The van der Waals surface area contributed by atoms with Gasteiger partial charge in [0.05, 0.1) is 0 Å². The minimum absolute atomic E-state index is 0.0360. The van der Waals surface area contributed by atoms with Crippen LogP contribution in [-0.2, 0) is 11.2 Å². The van der Waals surface area contributed by atoms with Crippen LogP contribution in [0.5, 0.6) is 0 Å². The molecule has 0 radical (unpaired) electrons. The maximum Gasteiger partial charge on any atom is 0.279 e. The summed E-state index contributed by atoms with van der Waals surface area (Å²) in [4.78, 5) is 25.7. The largest absolute Gasteiger partial charge is 0.351 e. The number of benzene rings is 1. The first kappa shape index (κ1) is 16.3. The molecule has 1 aromatic rings. The molecular formula is C17H23N3O2S. The second-order valence-electron chi connectivity index (χ2n) is 6.16. The van der Waals surface area contributed by atoms with E-state index in [9.17, 15) is 9.59 Å². The Bertz CT molecular complexity index is 544. The van der Waals surface area contributed by atoms with E-state index in [1.165, 1.54) is 17.3 Å². The zero-order valence-electron chi connectivity index (χ0n) is 13.2. The molecule has 0 unspecified atom stereocenters. The average molecular weight is 333 g/mol. The quantitative estimate of drug-likeness (QED) is 0.860. The van der Waals surface area contributed by atoms with E-state index >= 15 is 0 Å². The fraction of sp³-hybridized carbons (Fsp3) is 0.529.